The van der Waals surface area contributed by atoms with E-state index in [2.05, 4.69) is 4.74 Å². The molecule has 0 bridgehead atoms. The van der Waals surface area contributed by atoms with E-state index in [1.54, 1.807) is 0 Å². The summed E-state index contributed by atoms with van der Waals surface area (Å²) >= 11 is 17.2. The molecule has 0 unspecified atom stereocenters. The van der Waals surface area contributed by atoms with E-state index in [9.17, 15) is 18.0 Å². The second-order valence-electron chi connectivity index (χ2n) is 3.19. The minimum Gasteiger partial charge on any atom is -0.468 e. The number of rotatable bonds is 6. The first-order valence-corrected chi connectivity index (χ1v) is 8.34. The first-order chi connectivity index (χ1) is 8.44. The second-order valence-corrected chi connectivity index (χ2v) is 8.92. The van der Waals surface area contributed by atoms with Gasteiger partial charge in [-0.2, -0.15) is 0 Å². The number of ether oxygens (including phenoxy) is 1. The van der Waals surface area contributed by atoms with Crippen LogP contribution in [0.5, 0.6) is 0 Å². The van der Waals surface area contributed by atoms with Crippen molar-refractivity contribution in [2.75, 3.05) is 25.3 Å². The summed E-state index contributed by atoms with van der Waals surface area (Å²) in [6, 6.07) is 0. The van der Waals surface area contributed by atoms with E-state index in [0.29, 0.717) is 11.8 Å². The molecule has 0 radical (unpaired) electrons. The Labute approximate surface area is 129 Å². The molecule has 0 aromatic carbocycles. The van der Waals surface area contributed by atoms with Crippen molar-refractivity contribution in [3.8, 4) is 0 Å². The Kier molecular flexibility index (Phi) is 7.78. The fourth-order valence-corrected chi connectivity index (χ4v) is 2.34. The van der Waals surface area contributed by atoms with Crippen LogP contribution in [-0.4, -0.2) is 53.6 Å². The van der Waals surface area contributed by atoms with Gasteiger partial charge in [0.2, 0.25) is 19.1 Å². The van der Waals surface area contributed by atoms with Crippen molar-refractivity contribution in [3.63, 3.8) is 0 Å². The van der Waals surface area contributed by atoms with Gasteiger partial charge < -0.3 is 9.64 Å². The van der Waals surface area contributed by atoms with Gasteiger partial charge in [-0.15, -0.1) is 0 Å². The fraction of sp³-hybridized carbons (Fsp3) is 0.714. The smallest absolute Gasteiger partial charge is 0.325 e. The Hall–Kier alpha value is 0.0700. The normalized spacial score (nSPS) is 12.1. The molecule has 0 rings (SSSR count). The minimum atomic E-state index is -4.02. The minimum absolute atomic E-state index is 0.208. The highest BCUT2D eigenvalue weighted by Crippen LogP contribution is 2.39. The van der Waals surface area contributed by atoms with E-state index in [0.717, 1.165) is 12.0 Å². The zero-order chi connectivity index (χ0) is 15.3. The van der Waals surface area contributed by atoms with Crippen LogP contribution >= 0.6 is 46.6 Å². The maximum absolute atomic E-state index is 11.6. The number of nitrogens with two attached hydrogens (primary N) is 1. The van der Waals surface area contributed by atoms with Gasteiger partial charge in [0.25, 0.3) is 0 Å². The number of carbonyl (C=O) groups excluding carboxylic acids is 2. The SMILES string of the molecule is COC(=O)CN(CSC(Cl)(Cl)Cl)C(=O)CS(N)(=O)=O. The van der Waals surface area contributed by atoms with Gasteiger partial charge in [0.15, 0.2) is 0 Å². The maximum atomic E-state index is 11.6. The Morgan fingerprint density at radius 2 is 1.89 bits per heavy atom. The molecule has 0 saturated heterocycles. The van der Waals surface area contributed by atoms with Gasteiger partial charge in [0, 0.05) is 0 Å². The molecule has 0 fully saturated rings. The van der Waals surface area contributed by atoms with Crippen LogP contribution in [-0.2, 0) is 24.3 Å². The number of sulfonamides is 1. The van der Waals surface area contributed by atoms with Crippen molar-refractivity contribution in [3.05, 3.63) is 0 Å². The lowest BCUT2D eigenvalue weighted by atomic mass is 10.5. The molecule has 0 aromatic rings. The summed E-state index contributed by atoms with van der Waals surface area (Å²) in [6.07, 6.45) is 0. The van der Waals surface area contributed by atoms with Gasteiger partial charge >= 0.3 is 5.97 Å². The molecule has 0 saturated carbocycles. The molecule has 0 spiro atoms. The molecule has 19 heavy (non-hydrogen) atoms. The molecule has 0 atom stereocenters. The van der Waals surface area contributed by atoms with Gasteiger partial charge in [0.05, 0.1) is 13.0 Å². The third kappa shape index (κ3) is 10.5. The lowest BCUT2D eigenvalue weighted by molar-refractivity contribution is -0.145. The zero-order valence-corrected chi connectivity index (χ0v) is 13.5. The molecule has 112 valence electrons. The van der Waals surface area contributed by atoms with Crippen molar-refractivity contribution < 1.29 is 22.7 Å². The summed E-state index contributed by atoms with van der Waals surface area (Å²) in [4.78, 5) is 23.6. The van der Waals surface area contributed by atoms with E-state index in [4.69, 9.17) is 39.9 Å². The van der Waals surface area contributed by atoms with E-state index in [1.807, 2.05) is 0 Å². The maximum Gasteiger partial charge on any atom is 0.325 e. The number of hydrogen-bond acceptors (Lipinski definition) is 6. The number of hydrogen-bond donors (Lipinski definition) is 1. The van der Waals surface area contributed by atoms with Crippen LogP contribution in [0.4, 0.5) is 0 Å². The van der Waals surface area contributed by atoms with Gasteiger partial charge in [-0.25, -0.2) is 13.6 Å². The average Bonchev–Trinajstić information content (AvgIpc) is 2.19. The van der Waals surface area contributed by atoms with E-state index in [1.165, 1.54) is 0 Å². The highest BCUT2D eigenvalue weighted by molar-refractivity contribution is 8.04. The number of esters is 1. The number of primary sulfonamides is 1. The predicted octanol–water partition coefficient (Wildman–Crippen LogP) is 0.295. The molecule has 0 heterocycles. The van der Waals surface area contributed by atoms with Crippen molar-refractivity contribution >= 4 is 68.5 Å². The third-order valence-corrected chi connectivity index (χ3v) is 4.01. The van der Waals surface area contributed by atoms with Crippen molar-refractivity contribution in [1.82, 2.24) is 4.90 Å². The largest absolute Gasteiger partial charge is 0.468 e. The third-order valence-electron chi connectivity index (χ3n) is 1.61. The van der Waals surface area contributed by atoms with Gasteiger partial charge in [0.1, 0.15) is 12.3 Å². The van der Waals surface area contributed by atoms with Crippen LogP contribution in [0, 0.1) is 0 Å². The summed E-state index contributed by atoms with van der Waals surface area (Å²) in [5.74, 6) is -2.80. The number of nitrogens with zero attached hydrogens (tertiary/aromatic N) is 1. The standard InChI is InChI=1S/C7H11Cl3N2O5S2/c1-17-6(14)2-12(4-18-7(8,9)10)5(13)3-19(11,15)16/h2-4H2,1H3,(H2,11,15,16). The quantitative estimate of drug-likeness (QED) is 0.407. The fourth-order valence-electron chi connectivity index (χ4n) is 0.841. The molecule has 0 aliphatic carbocycles. The monoisotopic (exact) mass is 372 g/mol. The topological polar surface area (TPSA) is 107 Å². The van der Waals surface area contributed by atoms with Gasteiger partial charge in [-0.05, 0) is 0 Å². The Balaban J connectivity index is 4.75. The number of amides is 1. The van der Waals surface area contributed by atoms with Crippen molar-refractivity contribution in [2.24, 2.45) is 5.14 Å². The summed E-state index contributed by atoms with van der Waals surface area (Å²) in [5, 5.41) is 4.74. The first-order valence-electron chi connectivity index (χ1n) is 4.50. The summed E-state index contributed by atoms with van der Waals surface area (Å²) in [5.41, 5.74) is 0. The molecule has 2 N–H and O–H groups in total. The van der Waals surface area contributed by atoms with Crippen LogP contribution in [0.1, 0.15) is 0 Å². The summed E-state index contributed by atoms with van der Waals surface area (Å²) < 4.78 is 24.3. The summed E-state index contributed by atoms with van der Waals surface area (Å²) in [6.45, 7) is -0.474. The number of carbonyl (C=O) groups is 2. The lowest BCUT2D eigenvalue weighted by Gasteiger charge is -2.22. The number of halogens is 3. The van der Waals surface area contributed by atoms with Crippen LogP contribution in [0.15, 0.2) is 0 Å². The second kappa shape index (κ2) is 7.75. The Bertz CT molecular complexity index is 437. The molecule has 1 amide bonds. The molecule has 7 nitrogen and oxygen atoms in total. The Morgan fingerprint density at radius 1 is 1.37 bits per heavy atom. The molecule has 0 aromatic heterocycles. The number of methoxy groups -OCH3 is 1. The number of thioether (sulfide) groups is 1. The van der Waals surface area contributed by atoms with Crippen LogP contribution in [0.25, 0.3) is 0 Å². The number of alkyl halides is 3. The molecule has 12 heteroatoms. The Morgan fingerprint density at radius 3 is 2.26 bits per heavy atom. The first kappa shape index (κ1) is 19.1. The van der Waals surface area contributed by atoms with Crippen molar-refractivity contribution in [1.29, 1.82) is 0 Å². The summed E-state index contributed by atoms with van der Waals surface area (Å²) in [7, 11) is -2.90. The molecule has 0 aliphatic rings. The zero-order valence-electron chi connectivity index (χ0n) is 9.64. The molecule has 0 aliphatic heterocycles. The van der Waals surface area contributed by atoms with Crippen LogP contribution in [0.3, 0.4) is 0 Å². The van der Waals surface area contributed by atoms with E-state index in [-0.39, 0.29) is 5.88 Å². The lowest BCUT2D eigenvalue weighted by Crippen LogP contribution is -2.41. The predicted molar refractivity (Wildman–Crippen MR) is 74.5 cm³/mol. The highest BCUT2D eigenvalue weighted by atomic mass is 35.6. The van der Waals surface area contributed by atoms with Gasteiger partial charge in [-0.1, -0.05) is 46.6 Å². The van der Waals surface area contributed by atoms with E-state index >= 15 is 0 Å². The molecular formula is C7H11Cl3N2O5S2. The van der Waals surface area contributed by atoms with Gasteiger partial charge in [-0.3, -0.25) is 9.59 Å². The highest BCUT2D eigenvalue weighted by Gasteiger charge is 2.26. The van der Waals surface area contributed by atoms with Crippen molar-refractivity contribution in [2.45, 2.75) is 3.12 Å². The van der Waals surface area contributed by atoms with E-state index < -0.39 is 37.3 Å². The van der Waals surface area contributed by atoms with Crippen LogP contribution in [0.2, 0.25) is 0 Å². The van der Waals surface area contributed by atoms with Crippen LogP contribution < -0.4 is 5.14 Å². The average molecular weight is 374 g/mol. The molecular weight excluding hydrogens is 363 g/mol.